The molecule has 0 aliphatic carbocycles. The molecule has 0 bridgehead atoms. The highest BCUT2D eigenvalue weighted by Gasteiger charge is 2.16. The van der Waals surface area contributed by atoms with Crippen LogP contribution in [0.1, 0.15) is 38.9 Å². The molecule has 0 saturated heterocycles. The van der Waals surface area contributed by atoms with Gasteiger partial charge in [-0.3, -0.25) is 0 Å². The lowest BCUT2D eigenvalue weighted by Gasteiger charge is -2.18. The van der Waals surface area contributed by atoms with Gasteiger partial charge < -0.3 is 0 Å². The Bertz CT molecular complexity index is 1130. The Balaban J connectivity index is 1.97. The molecule has 0 fully saturated rings. The molecule has 4 aromatic rings. The summed E-state index contributed by atoms with van der Waals surface area (Å²) in [6.45, 7) is 8.55. The summed E-state index contributed by atoms with van der Waals surface area (Å²) in [5.41, 5.74) is 10.1. The van der Waals surface area contributed by atoms with Gasteiger partial charge in [0.15, 0.2) is 0 Å². The smallest absolute Gasteiger partial charge is 0.0279 e. The number of benzene rings is 4. The second kappa shape index (κ2) is 9.41. The Morgan fingerprint density at radius 2 is 0.742 bits per heavy atom. The first-order valence-corrected chi connectivity index (χ1v) is 11.5. The van der Waals surface area contributed by atoms with Crippen LogP contribution in [0.15, 0.2) is 102 Å². The molecular formula is C30H28S. The van der Waals surface area contributed by atoms with E-state index in [1.807, 2.05) is 11.8 Å². The van der Waals surface area contributed by atoms with Crippen LogP contribution in [0.25, 0.3) is 10.5 Å². The monoisotopic (exact) mass is 420 g/mol. The minimum absolute atomic E-state index is 1.24. The molecular weight excluding hydrogens is 392 g/mol. The van der Waals surface area contributed by atoms with E-state index in [0.29, 0.717) is 0 Å². The second-order valence-electron chi connectivity index (χ2n) is 8.22. The molecule has 0 heterocycles. The zero-order chi connectivity index (χ0) is 21.8. The van der Waals surface area contributed by atoms with E-state index in [0.717, 1.165) is 0 Å². The first kappa shape index (κ1) is 21.2. The topological polar surface area (TPSA) is 0 Å². The highest BCUT2D eigenvalue weighted by Crippen LogP contribution is 2.43. The molecule has 4 rings (SSSR count). The number of thioether (sulfide) groups is 1. The van der Waals surface area contributed by atoms with Gasteiger partial charge in [-0.15, -0.1) is 0 Å². The summed E-state index contributed by atoms with van der Waals surface area (Å²) >= 11 is 1.84. The maximum Gasteiger partial charge on any atom is 0.0279 e. The van der Waals surface area contributed by atoms with E-state index in [2.05, 4.69) is 125 Å². The lowest BCUT2D eigenvalue weighted by atomic mass is 9.94. The number of rotatable bonds is 5. The van der Waals surface area contributed by atoms with E-state index in [4.69, 9.17) is 0 Å². The van der Waals surface area contributed by atoms with E-state index in [1.54, 1.807) is 0 Å². The third-order valence-corrected chi connectivity index (χ3v) is 6.61. The standard InChI is InChI=1S/C30H28S/c1-21-5-13-25(14-6-21)29(26-15-7-22(2)8-16-26)30(27-17-9-23(3)10-18-27)31-28-19-11-24(4)12-20-28/h5-20H,1-4H3. The first-order chi connectivity index (χ1) is 15.0. The first-order valence-electron chi connectivity index (χ1n) is 10.7. The lowest BCUT2D eigenvalue weighted by molar-refractivity contribution is 1.38. The number of hydrogen-bond donors (Lipinski definition) is 0. The highest BCUT2D eigenvalue weighted by molar-refractivity contribution is 8.08. The largest absolute Gasteiger partial charge is 0.0888 e. The molecule has 0 unspecified atom stereocenters. The lowest BCUT2D eigenvalue weighted by Crippen LogP contribution is -1.94. The van der Waals surface area contributed by atoms with Crippen LogP contribution in [-0.4, -0.2) is 0 Å². The Labute approximate surface area is 190 Å². The molecule has 0 spiro atoms. The van der Waals surface area contributed by atoms with Crippen molar-refractivity contribution >= 4 is 22.2 Å². The van der Waals surface area contributed by atoms with Crippen LogP contribution in [0.5, 0.6) is 0 Å². The third-order valence-electron chi connectivity index (χ3n) is 5.46. The summed E-state index contributed by atoms with van der Waals surface area (Å²) in [5, 5.41) is 0. The summed E-state index contributed by atoms with van der Waals surface area (Å²) in [7, 11) is 0. The minimum atomic E-state index is 1.24. The molecule has 0 N–H and O–H groups in total. The van der Waals surface area contributed by atoms with E-state index in [9.17, 15) is 0 Å². The zero-order valence-electron chi connectivity index (χ0n) is 18.6. The molecule has 0 aromatic heterocycles. The molecule has 1 heteroatoms. The Morgan fingerprint density at radius 3 is 1.13 bits per heavy atom. The van der Waals surface area contributed by atoms with E-state index >= 15 is 0 Å². The van der Waals surface area contributed by atoms with E-state index < -0.39 is 0 Å². The van der Waals surface area contributed by atoms with Gasteiger partial charge in [-0.25, -0.2) is 0 Å². The van der Waals surface area contributed by atoms with Crippen molar-refractivity contribution in [3.8, 4) is 0 Å². The Morgan fingerprint density at radius 1 is 0.419 bits per heavy atom. The Hall–Kier alpha value is -3.03. The normalized spacial score (nSPS) is 10.7. The van der Waals surface area contributed by atoms with E-state index in [-0.39, 0.29) is 0 Å². The highest BCUT2D eigenvalue weighted by atomic mass is 32.2. The van der Waals surface area contributed by atoms with Crippen molar-refractivity contribution in [1.29, 1.82) is 0 Å². The van der Waals surface area contributed by atoms with Crippen LogP contribution in [0.3, 0.4) is 0 Å². The van der Waals surface area contributed by atoms with Gasteiger partial charge in [-0.05, 0) is 56.5 Å². The molecule has 0 amide bonds. The number of hydrogen-bond acceptors (Lipinski definition) is 1. The molecule has 0 aliphatic rings. The summed E-state index contributed by atoms with van der Waals surface area (Å²) in [6, 6.07) is 35.5. The maximum atomic E-state index is 2.24. The van der Waals surface area contributed by atoms with Crippen molar-refractivity contribution in [3.63, 3.8) is 0 Å². The van der Waals surface area contributed by atoms with Crippen LogP contribution in [-0.2, 0) is 0 Å². The third kappa shape index (κ3) is 5.18. The SMILES string of the molecule is Cc1ccc(SC(=C(c2ccc(C)cc2)c2ccc(C)cc2)c2ccc(C)cc2)cc1. The fourth-order valence-electron chi connectivity index (χ4n) is 3.55. The average molecular weight is 421 g/mol. The summed E-state index contributed by atoms with van der Waals surface area (Å²) < 4.78 is 0. The van der Waals surface area contributed by atoms with Gasteiger partial charge in [0.2, 0.25) is 0 Å². The van der Waals surface area contributed by atoms with Gasteiger partial charge >= 0.3 is 0 Å². The van der Waals surface area contributed by atoms with Gasteiger partial charge in [0, 0.05) is 15.4 Å². The predicted octanol–water partition coefficient (Wildman–Crippen LogP) is 8.63. The van der Waals surface area contributed by atoms with Crippen molar-refractivity contribution < 1.29 is 0 Å². The quantitative estimate of drug-likeness (QED) is 0.230. The summed E-state index contributed by atoms with van der Waals surface area (Å²) in [4.78, 5) is 2.52. The molecule has 4 aromatic carbocycles. The van der Waals surface area contributed by atoms with Crippen molar-refractivity contribution in [2.24, 2.45) is 0 Å². The average Bonchev–Trinajstić information content (AvgIpc) is 2.78. The van der Waals surface area contributed by atoms with Crippen molar-refractivity contribution in [2.45, 2.75) is 32.6 Å². The zero-order valence-corrected chi connectivity index (χ0v) is 19.5. The van der Waals surface area contributed by atoms with E-state index in [1.165, 1.54) is 54.3 Å². The summed E-state index contributed by atoms with van der Waals surface area (Å²) in [6.07, 6.45) is 0. The molecule has 154 valence electrons. The van der Waals surface area contributed by atoms with Crippen molar-refractivity contribution in [3.05, 3.63) is 136 Å². The van der Waals surface area contributed by atoms with Crippen LogP contribution in [0.4, 0.5) is 0 Å². The van der Waals surface area contributed by atoms with Crippen molar-refractivity contribution in [1.82, 2.24) is 0 Å². The van der Waals surface area contributed by atoms with Crippen LogP contribution < -0.4 is 0 Å². The van der Waals surface area contributed by atoms with Gasteiger partial charge in [0.25, 0.3) is 0 Å². The minimum Gasteiger partial charge on any atom is -0.0888 e. The molecule has 0 aliphatic heterocycles. The second-order valence-corrected chi connectivity index (χ2v) is 9.30. The van der Waals surface area contributed by atoms with Gasteiger partial charge in [-0.2, -0.15) is 0 Å². The molecule has 0 atom stereocenters. The van der Waals surface area contributed by atoms with Gasteiger partial charge in [-0.1, -0.05) is 119 Å². The molecule has 0 saturated carbocycles. The van der Waals surface area contributed by atoms with Gasteiger partial charge in [0.05, 0.1) is 0 Å². The fourth-order valence-corrected chi connectivity index (χ4v) is 4.65. The molecule has 0 radical (unpaired) electrons. The maximum absolute atomic E-state index is 2.24. The van der Waals surface area contributed by atoms with Crippen molar-refractivity contribution in [2.75, 3.05) is 0 Å². The fraction of sp³-hybridized carbons (Fsp3) is 0.133. The summed E-state index contributed by atoms with van der Waals surface area (Å²) in [5.74, 6) is 0. The molecule has 31 heavy (non-hydrogen) atoms. The Kier molecular flexibility index (Phi) is 6.44. The molecule has 0 nitrogen and oxygen atoms in total. The van der Waals surface area contributed by atoms with Crippen LogP contribution >= 0.6 is 11.8 Å². The van der Waals surface area contributed by atoms with Crippen LogP contribution in [0.2, 0.25) is 0 Å². The van der Waals surface area contributed by atoms with Crippen LogP contribution in [0, 0.1) is 27.7 Å². The predicted molar refractivity (Wildman–Crippen MR) is 136 cm³/mol. The van der Waals surface area contributed by atoms with Gasteiger partial charge in [0.1, 0.15) is 0 Å². The number of aryl methyl sites for hydroxylation is 4.